The standard InChI is InChI=1S/C19H12N2O4/c22-18(23)13-5-3-6-14(10-13)21-9-8-16(20-21)15-11-12-4-1-2-7-17(12)25-19(15)24/h1-11H,(H,22,23). The van der Waals surface area contributed by atoms with Crippen molar-refractivity contribution < 1.29 is 14.3 Å². The fraction of sp³-hybridized carbons (Fsp3) is 0. The van der Waals surface area contributed by atoms with Crippen LogP contribution in [0.1, 0.15) is 10.4 Å². The molecule has 0 spiro atoms. The molecule has 0 bridgehead atoms. The molecule has 0 saturated carbocycles. The van der Waals surface area contributed by atoms with Gasteiger partial charge < -0.3 is 9.52 Å². The monoisotopic (exact) mass is 332 g/mol. The third-order valence-electron chi connectivity index (χ3n) is 3.86. The van der Waals surface area contributed by atoms with E-state index in [9.17, 15) is 9.59 Å². The predicted octanol–water partition coefficient (Wildman–Crippen LogP) is 3.34. The van der Waals surface area contributed by atoms with Gasteiger partial charge in [0.05, 0.1) is 16.8 Å². The molecule has 4 aromatic rings. The highest BCUT2D eigenvalue weighted by atomic mass is 16.4. The summed E-state index contributed by atoms with van der Waals surface area (Å²) >= 11 is 0. The second kappa shape index (κ2) is 5.76. The molecule has 0 atom stereocenters. The zero-order valence-electron chi connectivity index (χ0n) is 12.9. The minimum absolute atomic E-state index is 0.166. The van der Waals surface area contributed by atoms with Crippen molar-refractivity contribution in [1.29, 1.82) is 0 Å². The molecule has 6 nitrogen and oxygen atoms in total. The summed E-state index contributed by atoms with van der Waals surface area (Å²) < 4.78 is 6.85. The van der Waals surface area contributed by atoms with E-state index in [-0.39, 0.29) is 5.56 Å². The number of aromatic nitrogens is 2. The lowest BCUT2D eigenvalue weighted by Gasteiger charge is -2.03. The Morgan fingerprint density at radius 3 is 2.72 bits per heavy atom. The molecule has 0 aliphatic carbocycles. The third kappa shape index (κ3) is 2.70. The first kappa shape index (κ1) is 14.9. The van der Waals surface area contributed by atoms with Gasteiger partial charge in [0.25, 0.3) is 0 Å². The summed E-state index contributed by atoms with van der Waals surface area (Å²) in [6.45, 7) is 0. The fourth-order valence-electron chi connectivity index (χ4n) is 2.63. The Kier molecular flexibility index (Phi) is 3.43. The van der Waals surface area contributed by atoms with Gasteiger partial charge in [0, 0.05) is 11.6 Å². The first-order chi connectivity index (χ1) is 12.1. The van der Waals surface area contributed by atoms with Gasteiger partial charge in [-0.2, -0.15) is 5.10 Å². The first-order valence-electron chi connectivity index (χ1n) is 7.54. The maximum Gasteiger partial charge on any atom is 0.345 e. The number of para-hydroxylation sites is 1. The van der Waals surface area contributed by atoms with Crippen molar-refractivity contribution in [2.75, 3.05) is 0 Å². The molecular weight excluding hydrogens is 320 g/mol. The smallest absolute Gasteiger partial charge is 0.345 e. The number of hydrogen-bond donors (Lipinski definition) is 1. The first-order valence-corrected chi connectivity index (χ1v) is 7.54. The van der Waals surface area contributed by atoms with Crippen LogP contribution >= 0.6 is 0 Å². The maximum absolute atomic E-state index is 12.2. The Labute approximate surface area is 141 Å². The van der Waals surface area contributed by atoms with Crippen LogP contribution in [0.25, 0.3) is 27.9 Å². The van der Waals surface area contributed by atoms with Crippen molar-refractivity contribution in [3.63, 3.8) is 0 Å². The van der Waals surface area contributed by atoms with Crippen LogP contribution in [0.5, 0.6) is 0 Å². The second-order valence-electron chi connectivity index (χ2n) is 5.49. The van der Waals surface area contributed by atoms with Crippen LogP contribution in [-0.2, 0) is 0 Å². The van der Waals surface area contributed by atoms with Crippen molar-refractivity contribution in [2.24, 2.45) is 0 Å². The molecule has 4 rings (SSSR count). The lowest BCUT2D eigenvalue weighted by molar-refractivity contribution is 0.0697. The Hall–Kier alpha value is -3.67. The SMILES string of the molecule is O=C(O)c1cccc(-n2ccc(-c3cc4ccccc4oc3=O)n2)c1. The average molecular weight is 332 g/mol. The third-order valence-corrected chi connectivity index (χ3v) is 3.86. The molecule has 6 heteroatoms. The molecular formula is C19H12N2O4. The minimum Gasteiger partial charge on any atom is -0.478 e. The average Bonchev–Trinajstić information content (AvgIpc) is 3.11. The van der Waals surface area contributed by atoms with E-state index in [2.05, 4.69) is 5.10 Å². The van der Waals surface area contributed by atoms with Gasteiger partial charge in [0.1, 0.15) is 11.3 Å². The van der Waals surface area contributed by atoms with E-state index >= 15 is 0 Å². The van der Waals surface area contributed by atoms with Crippen LogP contribution in [0, 0.1) is 0 Å². The summed E-state index contributed by atoms with van der Waals surface area (Å²) in [7, 11) is 0. The number of rotatable bonds is 3. The molecule has 0 amide bonds. The molecule has 1 N–H and O–H groups in total. The number of benzene rings is 2. The summed E-state index contributed by atoms with van der Waals surface area (Å²) in [6.07, 6.45) is 1.67. The number of hydrogen-bond acceptors (Lipinski definition) is 4. The number of nitrogens with zero attached hydrogens (tertiary/aromatic N) is 2. The zero-order valence-corrected chi connectivity index (χ0v) is 12.9. The summed E-state index contributed by atoms with van der Waals surface area (Å²) in [5.74, 6) is -1.01. The van der Waals surface area contributed by atoms with Crippen LogP contribution < -0.4 is 5.63 Å². The summed E-state index contributed by atoms with van der Waals surface area (Å²) in [4.78, 5) is 23.3. The lowest BCUT2D eigenvalue weighted by atomic mass is 10.1. The van der Waals surface area contributed by atoms with Gasteiger partial charge in [-0.3, -0.25) is 0 Å². The summed E-state index contributed by atoms with van der Waals surface area (Å²) in [5, 5.41) is 14.3. The molecule has 2 heterocycles. The van der Waals surface area contributed by atoms with Crippen molar-refractivity contribution in [3.8, 4) is 16.9 Å². The fourth-order valence-corrected chi connectivity index (χ4v) is 2.63. The van der Waals surface area contributed by atoms with E-state index in [1.54, 1.807) is 42.6 Å². The number of fused-ring (bicyclic) bond motifs is 1. The van der Waals surface area contributed by atoms with Crippen LogP contribution in [0.15, 0.2) is 76.1 Å². The zero-order chi connectivity index (χ0) is 17.4. The van der Waals surface area contributed by atoms with Gasteiger partial charge in [-0.15, -0.1) is 0 Å². The molecule has 0 aliphatic heterocycles. The van der Waals surface area contributed by atoms with Crippen LogP contribution in [0.4, 0.5) is 0 Å². The van der Waals surface area contributed by atoms with Gasteiger partial charge in [-0.25, -0.2) is 14.3 Å². The molecule has 2 aromatic carbocycles. The van der Waals surface area contributed by atoms with E-state index < -0.39 is 11.6 Å². The van der Waals surface area contributed by atoms with E-state index in [0.717, 1.165) is 5.39 Å². The minimum atomic E-state index is -1.01. The van der Waals surface area contributed by atoms with E-state index in [1.807, 2.05) is 12.1 Å². The van der Waals surface area contributed by atoms with Gasteiger partial charge in [0.15, 0.2) is 0 Å². The highest BCUT2D eigenvalue weighted by Crippen LogP contribution is 2.20. The summed E-state index contributed by atoms with van der Waals surface area (Å²) in [5.41, 5.74) is 1.62. The van der Waals surface area contributed by atoms with Gasteiger partial charge >= 0.3 is 11.6 Å². The highest BCUT2D eigenvalue weighted by Gasteiger charge is 2.12. The molecule has 0 saturated heterocycles. The van der Waals surface area contributed by atoms with Crippen molar-refractivity contribution in [1.82, 2.24) is 9.78 Å². The highest BCUT2D eigenvalue weighted by molar-refractivity contribution is 5.88. The van der Waals surface area contributed by atoms with Crippen LogP contribution in [0.2, 0.25) is 0 Å². The predicted molar refractivity (Wildman–Crippen MR) is 92.0 cm³/mol. The topological polar surface area (TPSA) is 85.3 Å². The van der Waals surface area contributed by atoms with Crippen molar-refractivity contribution in [2.45, 2.75) is 0 Å². The second-order valence-corrected chi connectivity index (χ2v) is 5.49. The molecule has 0 aliphatic rings. The quantitative estimate of drug-likeness (QED) is 0.582. The number of aromatic carboxylic acids is 1. The van der Waals surface area contributed by atoms with E-state index in [4.69, 9.17) is 9.52 Å². The van der Waals surface area contributed by atoms with Crippen LogP contribution in [0.3, 0.4) is 0 Å². The number of carboxylic acid groups (broad SMARTS) is 1. The van der Waals surface area contributed by atoms with E-state index in [1.165, 1.54) is 16.8 Å². The van der Waals surface area contributed by atoms with E-state index in [0.29, 0.717) is 22.5 Å². The molecule has 25 heavy (non-hydrogen) atoms. The normalized spacial score (nSPS) is 10.9. The molecule has 0 radical (unpaired) electrons. The van der Waals surface area contributed by atoms with Gasteiger partial charge in [-0.05, 0) is 36.4 Å². The molecule has 0 fully saturated rings. The largest absolute Gasteiger partial charge is 0.478 e. The number of carboxylic acids is 1. The Balaban J connectivity index is 1.79. The molecule has 0 unspecified atom stereocenters. The lowest BCUT2D eigenvalue weighted by Crippen LogP contribution is -2.04. The van der Waals surface area contributed by atoms with Crippen LogP contribution in [-0.4, -0.2) is 20.9 Å². The Morgan fingerprint density at radius 2 is 1.88 bits per heavy atom. The number of carbonyl (C=O) groups is 1. The summed E-state index contributed by atoms with van der Waals surface area (Å²) in [6, 6.07) is 17.1. The molecule has 122 valence electrons. The molecule has 2 aromatic heterocycles. The van der Waals surface area contributed by atoms with Gasteiger partial charge in [-0.1, -0.05) is 24.3 Å². The Bertz CT molecular complexity index is 1160. The van der Waals surface area contributed by atoms with Crippen molar-refractivity contribution in [3.05, 3.63) is 82.8 Å². The maximum atomic E-state index is 12.2. The Morgan fingerprint density at radius 1 is 1.04 bits per heavy atom. The van der Waals surface area contributed by atoms with Crippen molar-refractivity contribution >= 4 is 16.9 Å². The van der Waals surface area contributed by atoms with Gasteiger partial charge in [0.2, 0.25) is 0 Å².